The van der Waals surface area contributed by atoms with Crippen molar-refractivity contribution in [3.63, 3.8) is 0 Å². The molecular weight excluding hydrogens is 550 g/mol. The molecule has 0 saturated heterocycles. The molecule has 0 radical (unpaired) electrons. The number of imidazole rings is 1. The Balaban J connectivity index is 1.67. The summed E-state index contributed by atoms with van der Waals surface area (Å²) in [5.41, 5.74) is 2.37. The largest absolute Gasteiger partial charge is 0.508 e. The number of nitrogens with zero attached hydrogens (tertiary/aromatic N) is 4. The Morgan fingerprint density at radius 3 is 2.45 bits per heavy atom. The number of aromatic hydroxyl groups is 1. The van der Waals surface area contributed by atoms with Gasteiger partial charge in [0.2, 0.25) is 0 Å². The normalized spacial score (nSPS) is 11.1. The highest BCUT2D eigenvalue weighted by Crippen LogP contribution is 2.42. The first-order valence-electron chi connectivity index (χ1n) is 11.2. The molecule has 11 heteroatoms. The average molecular weight is 569 g/mol. The highest BCUT2D eigenvalue weighted by molar-refractivity contribution is 7.98. The zero-order valence-electron chi connectivity index (χ0n) is 19.8. The van der Waals surface area contributed by atoms with Crippen LogP contribution in [-0.2, 0) is 6.61 Å². The van der Waals surface area contributed by atoms with Gasteiger partial charge in [-0.2, -0.15) is 4.73 Å². The molecule has 3 aromatic carbocycles. The predicted octanol–water partition coefficient (Wildman–Crippen LogP) is 7.36. The fourth-order valence-electron chi connectivity index (χ4n) is 3.85. The molecule has 0 aliphatic rings. The van der Waals surface area contributed by atoms with Crippen LogP contribution in [0.25, 0.3) is 34.0 Å². The van der Waals surface area contributed by atoms with Crippen LogP contribution in [-0.4, -0.2) is 36.3 Å². The number of halogens is 3. The number of rotatable bonds is 7. The van der Waals surface area contributed by atoms with Crippen molar-refractivity contribution in [2.75, 3.05) is 6.26 Å². The van der Waals surface area contributed by atoms with Crippen molar-refractivity contribution < 1.29 is 19.4 Å². The molecule has 38 heavy (non-hydrogen) atoms. The van der Waals surface area contributed by atoms with Crippen LogP contribution < -0.4 is 4.74 Å². The first-order chi connectivity index (χ1) is 18.4. The first-order valence-corrected chi connectivity index (χ1v) is 13.2. The van der Waals surface area contributed by atoms with Crippen LogP contribution >= 0.6 is 35.0 Å². The minimum absolute atomic E-state index is 0.00499. The van der Waals surface area contributed by atoms with E-state index in [0.29, 0.717) is 16.4 Å². The molecule has 0 aliphatic heterocycles. The molecule has 5 aromatic rings. The average Bonchev–Trinajstić information content (AvgIpc) is 3.24. The van der Waals surface area contributed by atoms with E-state index in [1.807, 2.05) is 36.6 Å². The number of ether oxygens (including phenoxy) is 1. The van der Waals surface area contributed by atoms with E-state index in [1.54, 1.807) is 12.3 Å². The van der Waals surface area contributed by atoms with Gasteiger partial charge in [-0.1, -0.05) is 65.3 Å². The van der Waals surface area contributed by atoms with Crippen molar-refractivity contribution in [1.29, 1.82) is 0 Å². The van der Waals surface area contributed by atoms with Crippen LogP contribution in [0.4, 0.5) is 4.39 Å². The maximum absolute atomic E-state index is 14.7. The Labute approximate surface area is 231 Å². The van der Waals surface area contributed by atoms with Crippen LogP contribution in [0.2, 0.25) is 10.0 Å². The van der Waals surface area contributed by atoms with Gasteiger partial charge in [0, 0.05) is 11.8 Å². The second kappa shape index (κ2) is 10.9. The number of hydrogen-bond acceptors (Lipinski definition) is 7. The standard InChI is InChI=1S/C27H19Cl2FN4O3S/c1-38-27-31-10-9-21(32-27)25-24(33-26(34(25)36)23-18(28)12-17(35)13-19(23)29)16-7-8-20(30)22(11-16)37-14-15-5-3-2-4-6-15/h2-13,35-36H,14H2,1H3. The highest BCUT2D eigenvalue weighted by Gasteiger charge is 2.26. The van der Waals surface area contributed by atoms with E-state index < -0.39 is 5.82 Å². The summed E-state index contributed by atoms with van der Waals surface area (Å²) in [6.45, 7) is 0.162. The molecule has 0 saturated carbocycles. The molecule has 5 rings (SSSR count). The van der Waals surface area contributed by atoms with Gasteiger partial charge in [0.15, 0.2) is 22.5 Å². The molecule has 2 aromatic heterocycles. The van der Waals surface area contributed by atoms with Gasteiger partial charge < -0.3 is 15.1 Å². The third-order valence-corrected chi connectivity index (χ3v) is 6.76. The summed E-state index contributed by atoms with van der Waals surface area (Å²) in [6.07, 6.45) is 3.39. The summed E-state index contributed by atoms with van der Waals surface area (Å²) < 4.78 is 21.3. The quantitative estimate of drug-likeness (QED) is 0.120. The minimum atomic E-state index is -0.550. The summed E-state index contributed by atoms with van der Waals surface area (Å²) in [7, 11) is 0. The second-order valence-electron chi connectivity index (χ2n) is 8.08. The summed E-state index contributed by atoms with van der Waals surface area (Å²) in [5, 5.41) is 21.8. The summed E-state index contributed by atoms with van der Waals surface area (Å²) in [6, 6.07) is 17.9. The lowest BCUT2D eigenvalue weighted by molar-refractivity contribution is 0.195. The smallest absolute Gasteiger partial charge is 0.187 e. The lowest BCUT2D eigenvalue weighted by Gasteiger charge is -2.10. The lowest BCUT2D eigenvalue weighted by atomic mass is 10.1. The van der Waals surface area contributed by atoms with Crippen molar-refractivity contribution in [1.82, 2.24) is 19.7 Å². The van der Waals surface area contributed by atoms with Crippen LogP contribution in [0.5, 0.6) is 11.5 Å². The SMILES string of the molecule is CSc1nccc(-c2c(-c3ccc(F)c(OCc4ccccc4)c3)nc(-c3c(Cl)cc(O)cc3Cl)n2O)n1. The van der Waals surface area contributed by atoms with Gasteiger partial charge in [0.25, 0.3) is 0 Å². The molecular formula is C27H19Cl2FN4O3S. The number of phenolic OH excluding ortho intramolecular Hbond substituents is 1. The molecule has 0 atom stereocenters. The van der Waals surface area contributed by atoms with Gasteiger partial charge in [-0.25, -0.2) is 19.3 Å². The Kier molecular flexibility index (Phi) is 7.42. The molecule has 0 amide bonds. The molecule has 0 aliphatic carbocycles. The summed E-state index contributed by atoms with van der Waals surface area (Å²) in [5.74, 6) is -0.671. The Bertz CT molecular complexity index is 1610. The Hall–Kier alpha value is -3.79. The van der Waals surface area contributed by atoms with Crippen molar-refractivity contribution in [2.45, 2.75) is 11.8 Å². The predicted molar refractivity (Wildman–Crippen MR) is 146 cm³/mol. The highest BCUT2D eigenvalue weighted by atomic mass is 35.5. The van der Waals surface area contributed by atoms with Crippen LogP contribution in [0, 0.1) is 5.82 Å². The van der Waals surface area contributed by atoms with Gasteiger partial charge in [-0.05, 0) is 48.2 Å². The fourth-order valence-corrected chi connectivity index (χ4v) is 4.85. The zero-order chi connectivity index (χ0) is 26.8. The van der Waals surface area contributed by atoms with Crippen molar-refractivity contribution in [2.24, 2.45) is 0 Å². The van der Waals surface area contributed by atoms with Crippen LogP contribution in [0.15, 0.2) is 78.1 Å². The van der Waals surface area contributed by atoms with Gasteiger partial charge >= 0.3 is 0 Å². The molecule has 192 valence electrons. The van der Waals surface area contributed by atoms with Gasteiger partial charge in [-0.3, -0.25) is 0 Å². The summed E-state index contributed by atoms with van der Waals surface area (Å²) in [4.78, 5) is 13.3. The van der Waals surface area contributed by atoms with Crippen molar-refractivity contribution >= 4 is 35.0 Å². The monoisotopic (exact) mass is 568 g/mol. The van der Waals surface area contributed by atoms with E-state index in [9.17, 15) is 14.7 Å². The molecule has 0 unspecified atom stereocenters. The maximum atomic E-state index is 14.7. The molecule has 0 spiro atoms. The van der Waals surface area contributed by atoms with Crippen molar-refractivity contribution in [3.05, 3.63) is 94.4 Å². The number of thioether (sulfide) groups is 1. The third kappa shape index (κ3) is 5.13. The van der Waals surface area contributed by atoms with E-state index >= 15 is 0 Å². The molecule has 2 heterocycles. The van der Waals surface area contributed by atoms with E-state index in [0.717, 1.165) is 10.3 Å². The molecule has 2 N–H and O–H groups in total. The number of benzene rings is 3. The van der Waals surface area contributed by atoms with E-state index in [2.05, 4.69) is 15.0 Å². The van der Waals surface area contributed by atoms with Crippen molar-refractivity contribution in [3.8, 4) is 45.5 Å². The van der Waals surface area contributed by atoms with Gasteiger partial charge in [-0.15, -0.1) is 0 Å². The van der Waals surface area contributed by atoms with Gasteiger partial charge in [0.1, 0.15) is 23.7 Å². The minimum Gasteiger partial charge on any atom is -0.508 e. The van der Waals surface area contributed by atoms with Gasteiger partial charge in [0.05, 0.1) is 21.3 Å². The van der Waals surface area contributed by atoms with E-state index in [4.69, 9.17) is 27.9 Å². The Morgan fingerprint density at radius 1 is 1.00 bits per heavy atom. The first kappa shape index (κ1) is 25.8. The second-order valence-corrected chi connectivity index (χ2v) is 9.66. The zero-order valence-corrected chi connectivity index (χ0v) is 22.1. The topological polar surface area (TPSA) is 93.3 Å². The fraction of sp³-hybridized carbons (Fsp3) is 0.0741. The van der Waals surface area contributed by atoms with Crippen LogP contribution in [0.1, 0.15) is 5.56 Å². The van der Waals surface area contributed by atoms with Crippen LogP contribution in [0.3, 0.4) is 0 Å². The summed E-state index contributed by atoms with van der Waals surface area (Å²) >= 11 is 14.1. The van der Waals surface area contributed by atoms with E-state index in [1.165, 1.54) is 42.1 Å². The van der Waals surface area contributed by atoms with E-state index in [-0.39, 0.29) is 50.9 Å². The molecule has 0 bridgehead atoms. The number of phenols is 1. The maximum Gasteiger partial charge on any atom is 0.187 e. The molecule has 0 fully saturated rings. The Morgan fingerprint density at radius 2 is 1.74 bits per heavy atom. The number of hydrogen-bond donors (Lipinski definition) is 2. The third-order valence-electron chi connectivity index (χ3n) is 5.61. The lowest BCUT2D eigenvalue weighted by Crippen LogP contribution is -2.01. The molecule has 7 nitrogen and oxygen atoms in total. The number of aromatic nitrogens is 4.